The molecule has 1 unspecified atom stereocenters. The minimum atomic E-state index is -2.80. The molecule has 2 heterocycles. The second-order valence-electron chi connectivity index (χ2n) is 5.77. The number of alkyl halides is 2. The highest BCUT2D eigenvalue weighted by atomic mass is 35.5. The zero-order valence-corrected chi connectivity index (χ0v) is 13.6. The normalized spacial score (nSPS) is 19.5. The van der Waals surface area contributed by atoms with E-state index < -0.39 is 30.8 Å². The highest BCUT2D eigenvalue weighted by Crippen LogP contribution is 2.26. The van der Waals surface area contributed by atoms with Gasteiger partial charge in [0, 0.05) is 24.8 Å². The van der Waals surface area contributed by atoms with Crippen molar-refractivity contribution in [2.75, 3.05) is 11.9 Å². The van der Waals surface area contributed by atoms with Gasteiger partial charge in [-0.2, -0.15) is 0 Å². The molecule has 1 aliphatic rings. The van der Waals surface area contributed by atoms with Crippen LogP contribution in [0.3, 0.4) is 0 Å². The van der Waals surface area contributed by atoms with Gasteiger partial charge in [0.05, 0.1) is 18.1 Å². The number of halogens is 3. The summed E-state index contributed by atoms with van der Waals surface area (Å²) in [5.74, 6) is -3.22. The number of carbonyl (C=O) groups excluding carboxylic acids is 1. The summed E-state index contributed by atoms with van der Waals surface area (Å²) in [6, 6.07) is 6.79. The number of nitrogens with zero attached hydrogens (tertiary/aromatic N) is 1. The zero-order valence-electron chi connectivity index (χ0n) is 12.8. The summed E-state index contributed by atoms with van der Waals surface area (Å²) in [5, 5.41) is 6.38. The number of hydrogen-bond donors (Lipinski definition) is 2. The van der Waals surface area contributed by atoms with Crippen molar-refractivity contribution < 1.29 is 13.6 Å². The number of aromatic nitrogens is 1. The van der Waals surface area contributed by atoms with Crippen LogP contribution in [0.5, 0.6) is 0 Å². The van der Waals surface area contributed by atoms with Gasteiger partial charge < -0.3 is 9.88 Å². The average molecular weight is 344 g/mol. The molecule has 0 radical (unpaired) electrons. The van der Waals surface area contributed by atoms with Crippen LogP contribution >= 0.6 is 12.4 Å². The van der Waals surface area contributed by atoms with Crippen molar-refractivity contribution in [2.45, 2.75) is 38.3 Å². The molecular formula is C16H20ClF2N3O. The zero-order chi connectivity index (χ0) is 15.7. The lowest BCUT2D eigenvalue weighted by molar-refractivity contribution is -0.118. The molecule has 1 aliphatic heterocycles. The van der Waals surface area contributed by atoms with Crippen LogP contribution in [0.1, 0.15) is 19.8 Å². The number of nitrogens with one attached hydrogen (secondary N) is 2. The van der Waals surface area contributed by atoms with Crippen LogP contribution in [0.2, 0.25) is 0 Å². The third kappa shape index (κ3) is 3.82. The van der Waals surface area contributed by atoms with Gasteiger partial charge in [0.1, 0.15) is 0 Å². The fraction of sp³-hybridized carbons (Fsp3) is 0.438. The summed E-state index contributed by atoms with van der Waals surface area (Å²) in [7, 11) is 0. The van der Waals surface area contributed by atoms with Crippen molar-refractivity contribution in [3.05, 3.63) is 30.5 Å². The van der Waals surface area contributed by atoms with Crippen LogP contribution in [0.4, 0.5) is 14.5 Å². The number of hydrogen-bond acceptors (Lipinski definition) is 2. The van der Waals surface area contributed by atoms with Crippen molar-refractivity contribution in [1.82, 2.24) is 9.88 Å². The molecule has 2 N–H and O–H groups in total. The summed E-state index contributed by atoms with van der Waals surface area (Å²) < 4.78 is 28.4. The van der Waals surface area contributed by atoms with Gasteiger partial charge in [-0.15, -0.1) is 12.4 Å². The molecule has 1 amide bonds. The van der Waals surface area contributed by atoms with E-state index in [1.54, 1.807) is 6.07 Å². The molecule has 1 aromatic heterocycles. The van der Waals surface area contributed by atoms with Gasteiger partial charge in [0.2, 0.25) is 5.91 Å². The Morgan fingerprint density at radius 1 is 1.43 bits per heavy atom. The topological polar surface area (TPSA) is 46.1 Å². The predicted octanol–water partition coefficient (Wildman–Crippen LogP) is 3.41. The van der Waals surface area contributed by atoms with E-state index in [-0.39, 0.29) is 12.4 Å². The summed E-state index contributed by atoms with van der Waals surface area (Å²) >= 11 is 0. The van der Waals surface area contributed by atoms with E-state index in [0.29, 0.717) is 5.69 Å². The molecule has 23 heavy (non-hydrogen) atoms. The molecule has 7 heteroatoms. The summed E-state index contributed by atoms with van der Waals surface area (Å²) in [6.45, 7) is 2.56. The Labute approximate surface area is 139 Å². The first-order chi connectivity index (χ1) is 10.5. The van der Waals surface area contributed by atoms with Crippen LogP contribution < -0.4 is 10.6 Å². The van der Waals surface area contributed by atoms with Gasteiger partial charge in [-0.1, -0.05) is 13.0 Å². The minimum absolute atomic E-state index is 0. The van der Waals surface area contributed by atoms with Gasteiger partial charge in [-0.3, -0.25) is 10.1 Å². The molecule has 1 atom stereocenters. The fourth-order valence-electron chi connectivity index (χ4n) is 2.83. The Balaban J connectivity index is 0.00000192. The molecule has 4 nitrogen and oxygen atoms in total. The highest BCUT2D eigenvalue weighted by Gasteiger charge is 2.42. The predicted molar refractivity (Wildman–Crippen MR) is 89.5 cm³/mol. The minimum Gasteiger partial charge on any atom is -0.347 e. The lowest BCUT2D eigenvalue weighted by Gasteiger charge is -2.12. The van der Waals surface area contributed by atoms with Crippen molar-refractivity contribution in [1.29, 1.82) is 0 Å². The monoisotopic (exact) mass is 343 g/mol. The number of anilines is 1. The number of aryl methyl sites for hydroxylation is 1. The first-order valence-corrected chi connectivity index (χ1v) is 7.49. The average Bonchev–Trinajstić information content (AvgIpc) is 3.03. The molecule has 1 saturated heterocycles. The SMILES string of the molecule is CCCn1ccc2ccc(NC(=O)C3CC(F)(F)CN3)cc21.Cl. The van der Waals surface area contributed by atoms with Crippen molar-refractivity contribution in [2.24, 2.45) is 0 Å². The van der Waals surface area contributed by atoms with Crippen LogP contribution in [-0.4, -0.2) is 29.0 Å². The highest BCUT2D eigenvalue weighted by molar-refractivity contribution is 5.97. The van der Waals surface area contributed by atoms with Gasteiger partial charge in [0.15, 0.2) is 0 Å². The Hall–Kier alpha value is -1.66. The maximum atomic E-state index is 13.2. The number of amides is 1. The van der Waals surface area contributed by atoms with E-state index in [2.05, 4.69) is 22.1 Å². The number of benzene rings is 1. The summed E-state index contributed by atoms with van der Waals surface area (Å²) in [4.78, 5) is 12.1. The van der Waals surface area contributed by atoms with E-state index >= 15 is 0 Å². The standard InChI is InChI=1S/C16H19F2N3O.ClH/c1-2-6-21-7-5-11-3-4-12(8-14(11)21)20-15(22)13-9-16(17,18)10-19-13;/h3-5,7-8,13,19H,2,6,9-10H2,1H3,(H,20,22);1H. The molecule has 3 rings (SSSR count). The van der Waals surface area contributed by atoms with Crippen molar-refractivity contribution in [3.8, 4) is 0 Å². The maximum Gasteiger partial charge on any atom is 0.262 e. The van der Waals surface area contributed by atoms with E-state index in [0.717, 1.165) is 23.9 Å². The lowest BCUT2D eigenvalue weighted by atomic mass is 10.1. The third-order valence-electron chi connectivity index (χ3n) is 3.93. The Kier molecular flexibility index (Phi) is 5.26. The van der Waals surface area contributed by atoms with E-state index in [4.69, 9.17) is 0 Å². The first kappa shape index (κ1) is 17.7. The molecule has 126 valence electrons. The molecule has 1 fully saturated rings. The molecule has 1 aromatic carbocycles. The second kappa shape index (κ2) is 6.84. The van der Waals surface area contributed by atoms with Gasteiger partial charge in [0.25, 0.3) is 5.92 Å². The largest absolute Gasteiger partial charge is 0.347 e. The van der Waals surface area contributed by atoms with Crippen molar-refractivity contribution >= 4 is 34.9 Å². The Bertz CT molecular complexity index is 702. The summed E-state index contributed by atoms with van der Waals surface area (Å²) in [5.41, 5.74) is 1.66. The molecule has 0 bridgehead atoms. The van der Waals surface area contributed by atoms with E-state index in [9.17, 15) is 13.6 Å². The second-order valence-corrected chi connectivity index (χ2v) is 5.77. The number of rotatable bonds is 4. The van der Waals surface area contributed by atoms with Gasteiger partial charge in [-0.05, 0) is 30.0 Å². The van der Waals surface area contributed by atoms with Crippen molar-refractivity contribution in [3.63, 3.8) is 0 Å². The molecular weight excluding hydrogens is 324 g/mol. The van der Waals surface area contributed by atoms with Crippen LogP contribution in [0.25, 0.3) is 10.9 Å². The smallest absolute Gasteiger partial charge is 0.262 e. The molecule has 2 aromatic rings. The maximum absolute atomic E-state index is 13.2. The quantitative estimate of drug-likeness (QED) is 0.893. The van der Waals surface area contributed by atoms with Crippen LogP contribution in [0, 0.1) is 0 Å². The van der Waals surface area contributed by atoms with E-state index in [1.807, 2.05) is 24.4 Å². The van der Waals surface area contributed by atoms with Gasteiger partial charge in [-0.25, -0.2) is 8.78 Å². The summed E-state index contributed by atoms with van der Waals surface area (Å²) in [6.07, 6.45) is 2.58. The van der Waals surface area contributed by atoms with Crippen LogP contribution in [0.15, 0.2) is 30.5 Å². The molecule has 0 spiro atoms. The Morgan fingerprint density at radius 3 is 2.87 bits per heavy atom. The van der Waals surface area contributed by atoms with Gasteiger partial charge >= 0.3 is 0 Å². The lowest BCUT2D eigenvalue weighted by Crippen LogP contribution is -2.35. The van der Waals surface area contributed by atoms with Crippen LogP contribution in [-0.2, 0) is 11.3 Å². The molecule has 0 aliphatic carbocycles. The fourth-order valence-corrected chi connectivity index (χ4v) is 2.83. The Morgan fingerprint density at radius 2 is 2.22 bits per heavy atom. The number of carbonyl (C=O) groups is 1. The third-order valence-corrected chi connectivity index (χ3v) is 3.93. The first-order valence-electron chi connectivity index (χ1n) is 7.49. The van der Waals surface area contributed by atoms with E-state index in [1.165, 1.54) is 0 Å². The number of fused-ring (bicyclic) bond motifs is 1. The molecule has 0 saturated carbocycles.